The number of anilines is 1. The monoisotopic (exact) mass is 325 g/mol. The Morgan fingerprint density at radius 1 is 1.37 bits per heavy atom. The van der Waals surface area contributed by atoms with E-state index in [9.17, 15) is 0 Å². The van der Waals surface area contributed by atoms with E-state index in [1.165, 1.54) is 0 Å². The Labute approximate surface area is 120 Å². The number of nitrogen functional groups attached to an aromatic ring is 1. The molecular weight excluding hydrogens is 310 g/mol. The molecule has 1 aromatic heterocycles. The summed E-state index contributed by atoms with van der Waals surface area (Å²) in [5.74, 6) is 0.712. The number of rotatable bonds is 6. The van der Waals surface area contributed by atoms with Crippen LogP contribution in [0.15, 0.2) is 22.7 Å². The maximum atomic E-state index is 5.83. The Kier molecular flexibility index (Phi) is 4.86. The second kappa shape index (κ2) is 6.63. The lowest BCUT2D eigenvalue weighted by molar-refractivity contribution is 0.140. The summed E-state index contributed by atoms with van der Waals surface area (Å²) in [6.07, 6.45) is 0.870. The summed E-state index contributed by atoms with van der Waals surface area (Å²) in [4.78, 5) is 0. The number of ether oxygens (including phenoxy) is 1. The lowest BCUT2D eigenvalue weighted by Crippen LogP contribution is -2.06. The average molecular weight is 326 g/mol. The van der Waals surface area contributed by atoms with E-state index in [2.05, 4.69) is 31.5 Å². The molecule has 7 heteroatoms. The minimum Gasteiger partial charge on any atom is -0.399 e. The molecule has 0 atom stereocenters. The normalized spacial score (nSPS) is 10.8. The van der Waals surface area contributed by atoms with Crippen LogP contribution in [0.3, 0.4) is 0 Å². The van der Waals surface area contributed by atoms with Crippen LogP contribution in [0, 0.1) is 0 Å². The third-order valence-corrected chi connectivity index (χ3v) is 3.03. The van der Waals surface area contributed by atoms with E-state index >= 15 is 0 Å². The van der Waals surface area contributed by atoms with Crippen LogP contribution in [0.5, 0.6) is 0 Å². The van der Waals surface area contributed by atoms with Crippen LogP contribution in [0.2, 0.25) is 0 Å². The smallest absolute Gasteiger partial charge is 0.182 e. The van der Waals surface area contributed by atoms with Crippen molar-refractivity contribution in [3.8, 4) is 11.4 Å². The number of aromatic nitrogens is 4. The van der Waals surface area contributed by atoms with E-state index in [1.54, 1.807) is 4.68 Å². The van der Waals surface area contributed by atoms with Crippen LogP contribution in [-0.4, -0.2) is 33.4 Å². The molecule has 102 valence electrons. The Balaban J connectivity index is 2.14. The van der Waals surface area contributed by atoms with Gasteiger partial charge >= 0.3 is 0 Å². The van der Waals surface area contributed by atoms with Gasteiger partial charge in [-0.15, -0.1) is 5.10 Å². The fourth-order valence-electron chi connectivity index (χ4n) is 1.76. The number of nitrogens with two attached hydrogens (primary N) is 1. The van der Waals surface area contributed by atoms with Crippen molar-refractivity contribution in [2.45, 2.75) is 19.9 Å². The third kappa shape index (κ3) is 3.74. The molecule has 0 amide bonds. The van der Waals surface area contributed by atoms with Crippen LogP contribution < -0.4 is 5.73 Å². The highest BCUT2D eigenvalue weighted by Crippen LogP contribution is 2.24. The summed E-state index contributed by atoms with van der Waals surface area (Å²) in [5, 5.41) is 11.8. The van der Waals surface area contributed by atoms with E-state index in [1.807, 2.05) is 25.1 Å². The average Bonchev–Trinajstić information content (AvgIpc) is 2.82. The van der Waals surface area contributed by atoms with Crippen molar-refractivity contribution in [2.75, 3.05) is 18.9 Å². The molecule has 0 fully saturated rings. The van der Waals surface area contributed by atoms with Gasteiger partial charge in [0.2, 0.25) is 0 Å². The number of tetrazole rings is 1. The van der Waals surface area contributed by atoms with Gasteiger partial charge in [-0.2, -0.15) is 0 Å². The lowest BCUT2D eigenvalue weighted by atomic mass is 10.2. The molecule has 0 aliphatic carbocycles. The van der Waals surface area contributed by atoms with E-state index in [-0.39, 0.29) is 0 Å². The topological polar surface area (TPSA) is 78.8 Å². The first-order valence-corrected chi connectivity index (χ1v) is 6.90. The number of hydrogen-bond donors (Lipinski definition) is 1. The number of benzene rings is 1. The van der Waals surface area contributed by atoms with Crippen molar-refractivity contribution in [2.24, 2.45) is 0 Å². The number of nitrogens with zero attached hydrogens (tertiary/aromatic N) is 4. The van der Waals surface area contributed by atoms with Crippen LogP contribution in [0.25, 0.3) is 11.4 Å². The molecule has 0 saturated carbocycles. The Bertz CT molecular complexity index is 522. The van der Waals surface area contributed by atoms with E-state index in [0.717, 1.165) is 29.6 Å². The SMILES string of the molecule is CCOCCCn1nnnc1-c1cc(N)cc(Br)c1. The van der Waals surface area contributed by atoms with Crippen molar-refractivity contribution in [1.82, 2.24) is 20.2 Å². The first-order chi connectivity index (χ1) is 9.20. The van der Waals surface area contributed by atoms with Crippen LogP contribution >= 0.6 is 15.9 Å². The van der Waals surface area contributed by atoms with Gasteiger partial charge in [0, 0.05) is 35.5 Å². The summed E-state index contributed by atoms with van der Waals surface area (Å²) in [5.41, 5.74) is 7.40. The Morgan fingerprint density at radius 3 is 2.95 bits per heavy atom. The van der Waals surface area contributed by atoms with Gasteiger partial charge in [-0.25, -0.2) is 4.68 Å². The van der Waals surface area contributed by atoms with Gasteiger partial charge in [-0.1, -0.05) is 15.9 Å². The number of hydrogen-bond acceptors (Lipinski definition) is 5. The molecule has 1 heterocycles. The molecule has 0 unspecified atom stereocenters. The van der Waals surface area contributed by atoms with Crippen molar-refractivity contribution in [3.05, 3.63) is 22.7 Å². The van der Waals surface area contributed by atoms with Crippen molar-refractivity contribution >= 4 is 21.6 Å². The zero-order valence-corrected chi connectivity index (χ0v) is 12.3. The predicted octanol–water partition coefficient (Wildman–Crippen LogP) is 2.11. The van der Waals surface area contributed by atoms with Crippen LogP contribution in [0.4, 0.5) is 5.69 Å². The zero-order chi connectivity index (χ0) is 13.7. The summed E-state index contributed by atoms with van der Waals surface area (Å²) in [6, 6.07) is 5.64. The van der Waals surface area contributed by atoms with Crippen molar-refractivity contribution < 1.29 is 4.74 Å². The van der Waals surface area contributed by atoms with Gasteiger partial charge in [-0.05, 0) is 42.0 Å². The van der Waals surface area contributed by atoms with Gasteiger partial charge < -0.3 is 10.5 Å². The molecule has 6 nitrogen and oxygen atoms in total. The molecule has 0 bridgehead atoms. The summed E-state index contributed by atoms with van der Waals surface area (Å²) in [6.45, 7) is 4.13. The lowest BCUT2D eigenvalue weighted by Gasteiger charge is -2.06. The van der Waals surface area contributed by atoms with E-state index in [4.69, 9.17) is 10.5 Å². The largest absolute Gasteiger partial charge is 0.399 e. The van der Waals surface area contributed by atoms with Gasteiger partial charge in [0.1, 0.15) is 0 Å². The second-order valence-electron chi connectivity index (χ2n) is 4.05. The first kappa shape index (κ1) is 14.0. The van der Waals surface area contributed by atoms with Gasteiger partial charge in [-0.3, -0.25) is 0 Å². The highest BCUT2D eigenvalue weighted by molar-refractivity contribution is 9.10. The quantitative estimate of drug-likeness (QED) is 0.650. The fraction of sp³-hybridized carbons (Fsp3) is 0.417. The molecule has 2 aromatic rings. The van der Waals surface area contributed by atoms with Gasteiger partial charge in [0.05, 0.1) is 0 Å². The van der Waals surface area contributed by atoms with Gasteiger partial charge in [0.15, 0.2) is 5.82 Å². The molecule has 0 spiro atoms. The molecule has 0 aliphatic rings. The highest BCUT2D eigenvalue weighted by atomic mass is 79.9. The minimum atomic E-state index is 0.674. The predicted molar refractivity (Wildman–Crippen MR) is 76.5 cm³/mol. The molecule has 1 aromatic carbocycles. The van der Waals surface area contributed by atoms with E-state index < -0.39 is 0 Å². The van der Waals surface area contributed by atoms with Gasteiger partial charge in [0.25, 0.3) is 0 Å². The highest BCUT2D eigenvalue weighted by Gasteiger charge is 2.10. The maximum Gasteiger partial charge on any atom is 0.182 e. The molecule has 2 N–H and O–H groups in total. The Morgan fingerprint density at radius 2 is 2.21 bits per heavy atom. The zero-order valence-electron chi connectivity index (χ0n) is 10.7. The minimum absolute atomic E-state index is 0.674. The van der Waals surface area contributed by atoms with Crippen LogP contribution in [0.1, 0.15) is 13.3 Å². The first-order valence-electron chi connectivity index (χ1n) is 6.11. The summed E-state index contributed by atoms with van der Waals surface area (Å²) in [7, 11) is 0. The number of aryl methyl sites for hydroxylation is 1. The standard InChI is InChI=1S/C12H16BrN5O/c1-2-19-5-3-4-18-12(15-16-17-18)9-6-10(13)8-11(14)7-9/h6-8H,2-5,14H2,1H3. The van der Waals surface area contributed by atoms with Crippen LogP contribution in [-0.2, 0) is 11.3 Å². The molecule has 0 saturated heterocycles. The molecule has 0 radical (unpaired) electrons. The van der Waals surface area contributed by atoms with Crippen molar-refractivity contribution in [1.29, 1.82) is 0 Å². The third-order valence-electron chi connectivity index (χ3n) is 2.57. The number of halogens is 1. The molecule has 2 rings (SSSR count). The second-order valence-corrected chi connectivity index (χ2v) is 4.97. The molecular formula is C12H16BrN5O. The fourth-order valence-corrected chi connectivity index (χ4v) is 2.28. The maximum absolute atomic E-state index is 5.83. The molecule has 0 aliphatic heterocycles. The molecule has 19 heavy (non-hydrogen) atoms. The summed E-state index contributed by atoms with van der Waals surface area (Å²) >= 11 is 3.42. The van der Waals surface area contributed by atoms with E-state index in [0.29, 0.717) is 18.1 Å². The summed E-state index contributed by atoms with van der Waals surface area (Å²) < 4.78 is 7.98. The Hall–Kier alpha value is -1.47. The van der Waals surface area contributed by atoms with Crippen molar-refractivity contribution in [3.63, 3.8) is 0 Å².